The van der Waals surface area contributed by atoms with Crippen LogP contribution >= 0.6 is 12.2 Å². The van der Waals surface area contributed by atoms with Crippen molar-refractivity contribution in [2.45, 2.75) is 37.8 Å². The van der Waals surface area contributed by atoms with Crippen molar-refractivity contribution >= 4 is 32.8 Å². The summed E-state index contributed by atoms with van der Waals surface area (Å²) < 4.78 is 79.0. The molecule has 0 bridgehead atoms. The third-order valence-electron chi connectivity index (χ3n) is 6.47. The summed E-state index contributed by atoms with van der Waals surface area (Å²) in [6.07, 6.45) is 2.03. The summed E-state index contributed by atoms with van der Waals surface area (Å²) in [4.78, 5) is 2.35. The van der Waals surface area contributed by atoms with Gasteiger partial charge in [0.25, 0.3) is 0 Å². The number of piperazine rings is 1. The quantitative estimate of drug-likeness (QED) is 0.486. The Morgan fingerprint density at radius 1 is 1.19 bits per heavy atom. The summed E-state index contributed by atoms with van der Waals surface area (Å²) >= 11 is 5.29. The van der Waals surface area contributed by atoms with E-state index in [0.717, 1.165) is 0 Å². The molecule has 0 saturated carbocycles. The van der Waals surface area contributed by atoms with Gasteiger partial charge in [0.2, 0.25) is 10.0 Å². The second-order valence-electron chi connectivity index (χ2n) is 9.01. The van der Waals surface area contributed by atoms with Gasteiger partial charge in [-0.25, -0.2) is 8.42 Å². The van der Waals surface area contributed by atoms with Crippen LogP contribution in [0.5, 0.6) is 0 Å². The number of anilines is 1. The molecule has 12 heteroatoms. The molecule has 2 heterocycles. The highest BCUT2D eigenvalue weighted by atomic mass is 32.2. The topological polar surface area (TPSA) is 83.2 Å². The van der Waals surface area contributed by atoms with E-state index in [9.17, 15) is 26.7 Å². The number of benzene rings is 1. The summed E-state index contributed by atoms with van der Waals surface area (Å²) in [6.45, 7) is 1.54. The van der Waals surface area contributed by atoms with Crippen molar-refractivity contribution in [3.8, 4) is 0 Å². The minimum Gasteiger partial charge on any atom is -0.467 e. The van der Waals surface area contributed by atoms with Crippen LogP contribution in [0.3, 0.4) is 0 Å². The molecule has 2 aliphatic rings. The zero-order chi connectivity index (χ0) is 26.8. The number of rotatable bonds is 8. The Hall–Kier alpha value is -2.51. The molecule has 37 heavy (non-hydrogen) atoms. The van der Waals surface area contributed by atoms with E-state index < -0.39 is 27.8 Å². The summed E-state index contributed by atoms with van der Waals surface area (Å²) in [5.41, 5.74) is -2.70. The van der Waals surface area contributed by atoms with Crippen LogP contribution in [-0.4, -0.2) is 61.2 Å². The van der Waals surface area contributed by atoms with Gasteiger partial charge in [-0.2, -0.15) is 17.5 Å². The second kappa shape index (κ2) is 10.7. The highest BCUT2D eigenvalue weighted by Crippen LogP contribution is 2.39. The van der Waals surface area contributed by atoms with Gasteiger partial charge in [-0.1, -0.05) is 36.5 Å². The summed E-state index contributed by atoms with van der Waals surface area (Å²) in [5.74, 6) is 0.607. The summed E-state index contributed by atoms with van der Waals surface area (Å²) in [6, 6.07) is 8.47. The van der Waals surface area contributed by atoms with Crippen LogP contribution < -0.4 is 4.90 Å². The van der Waals surface area contributed by atoms with E-state index in [1.807, 2.05) is 4.90 Å². The Bertz CT molecular complexity index is 1270. The van der Waals surface area contributed by atoms with Gasteiger partial charge in [0.05, 0.1) is 23.8 Å². The first-order valence-electron chi connectivity index (χ1n) is 11.6. The highest BCUT2D eigenvalue weighted by molar-refractivity contribution is 7.96. The Morgan fingerprint density at radius 3 is 2.54 bits per heavy atom. The van der Waals surface area contributed by atoms with Crippen molar-refractivity contribution in [2.24, 2.45) is 0 Å². The minimum absolute atomic E-state index is 0.0895. The van der Waals surface area contributed by atoms with Crippen LogP contribution in [-0.2, 0) is 27.0 Å². The van der Waals surface area contributed by atoms with Gasteiger partial charge in [0, 0.05) is 36.6 Å². The van der Waals surface area contributed by atoms with Gasteiger partial charge in [0.1, 0.15) is 12.4 Å². The first-order chi connectivity index (χ1) is 17.4. The number of nitrogens with zero attached hydrogens (tertiary/aromatic N) is 2. The molecule has 1 fully saturated rings. The second-order valence-corrected chi connectivity index (χ2v) is 11.4. The summed E-state index contributed by atoms with van der Waals surface area (Å²) in [5, 5.41) is 9.99. The lowest BCUT2D eigenvalue weighted by molar-refractivity contribution is -0.258. The van der Waals surface area contributed by atoms with Crippen molar-refractivity contribution in [3.05, 3.63) is 77.1 Å². The van der Waals surface area contributed by atoms with E-state index in [-0.39, 0.29) is 43.3 Å². The van der Waals surface area contributed by atoms with Gasteiger partial charge in [-0.15, -0.1) is 0 Å². The van der Waals surface area contributed by atoms with Gasteiger partial charge in [0.15, 0.2) is 5.60 Å². The Kier molecular flexibility index (Phi) is 7.96. The van der Waals surface area contributed by atoms with E-state index in [4.69, 9.17) is 21.4 Å². The molecular formula is C25H27F3N2O5S2. The number of aliphatic hydroxyl groups is 1. The molecule has 7 nitrogen and oxygen atoms in total. The van der Waals surface area contributed by atoms with E-state index >= 15 is 0 Å². The summed E-state index contributed by atoms with van der Waals surface area (Å²) in [7, 11) is -3.84. The molecule has 1 saturated heterocycles. The van der Waals surface area contributed by atoms with Crippen LogP contribution in [0, 0.1) is 0 Å². The van der Waals surface area contributed by atoms with Gasteiger partial charge < -0.3 is 19.2 Å². The van der Waals surface area contributed by atoms with Crippen LogP contribution in [0.25, 0.3) is 0 Å². The molecule has 1 aromatic heterocycles. The molecule has 2 atom stereocenters. The molecule has 0 spiro atoms. The number of alkyl halides is 3. The maximum Gasteiger partial charge on any atom is 0.421 e. The predicted molar refractivity (Wildman–Crippen MR) is 136 cm³/mol. The minimum atomic E-state index is -4.83. The molecule has 0 amide bonds. The van der Waals surface area contributed by atoms with E-state index in [0.29, 0.717) is 29.7 Å². The lowest BCUT2D eigenvalue weighted by atomic mass is 9.95. The van der Waals surface area contributed by atoms with Gasteiger partial charge >= 0.3 is 6.18 Å². The molecule has 0 unspecified atom stereocenters. The van der Waals surface area contributed by atoms with Gasteiger partial charge in [-0.3, -0.25) is 0 Å². The largest absolute Gasteiger partial charge is 0.467 e. The number of sulfonamides is 1. The number of ether oxygens (including phenoxy) is 1. The van der Waals surface area contributed by atoms with Crippen LogP contribution in [0.4, 0.5) is 18.9 Å². The average Bonchev–Trinajstić information content (AvgIpc) is 3.37. The first-order valence-corrected chi connectivity index (χ1v) is 13.4. The van der Waals surface area contributed by atoms with Crippen molar-refractivity contribution < 1.29 is 35.8 Å². The van der Waals surface area contributed by atoms with Crippen LogP contribution in [0.2, 0.25) is 0 Å². The molecule has 4 rings (SSSR count). The number of hydrogen-bond donors (Lipinski definition) is 1. The van der Waals surface area contributed by atoms with Gasteiger partial charge in [-0.05, 0) is 42.8 Å². The lowest BCUT2D eigenvalue weighted by Gasteiger charge is -2.42. The van der Waals surface area contributed by atoms with Crippen molar-refractivity contribution in [2.75, 3.05) is 31.1 Å². The number of furan rings is 1. The van der Waals surface area contributed by atoms with Crippen molar-refractivity contribution in [1.29, 1.82) is 0 Å². The fourth-order valence-corrected chi connectivity index (χ4v) is 6.32. The maximum atomic E-state index is 13.4. The number of allylic oxidation sites excluding steroid dienone is 4. The smallest absolute Gasteiger partial charge is 0.421 e. The zero-order valence-electron chi connectivity index (χ0n) is 20.0. The molecule has 1 aliphatic heterocycles. The molecule has 1 aliphatic carbocycles. The average molecular weight is 557 g/mol. The van der Waals surface area contributed by atoms with E-state index in [1.54, 1.807) is 24.3 Å². The lowest BCUT2D eigenvalue weighted by Crippen LogP contribution is -2.57. The van der Waals surface area contributed by atoms with Crippen molar-refractivity contribution in [1.82, 2.24) is 4.31 Å². The van der Waals surface area contributed by atoms with E-state index in [2.05, 4.69) is 0 Å². The molecule has 200 valence electrons. The number of halogens is 3. The highest BCUT2D eigenvalue weighted by Gasteiger charge is 2.51. The standard InChI is InChI=1S/C25H27F3N2O5S2/c1-24(31,25(26,27)28)18-8-10-19(11-9-18)30-13-12-29(37(32,33)23-7-3-2-6-22(23)36)15-20(30)16-34-17-21-5-4-14-35-21/h2-5,7-11,14,20,31H,6,12-13,15-17H2,1H3/t20-,24-/m1/s1. The van der Waals surface area contributed by atoms with E-state index in [1.165, 1.54) is 40.9 Å². The molecule has 2 aromatic rings. The number of thiocarbonyl (C=S) groups is 1. The Labute approximate surface area is 218 Å². The first kappa shape index (κ1) is 27.5. The molecule has 1 aromatic carbocycles. The SMILES string of the molecule is C[C@@](O)(c1ccc(N2CCN(S(=O)(=O)C3=CC=CCC3=S)C[C@@H]2COCc2ccco2)cc1)C(F)(F)F. The third kappa shape index (κ3) is 5.83. The molecular weight excluding hydrogens is 529 g/mol. The Balaban J connectivity index is 1.56. The molecule has 0 radical (unpaired) electrons. The van der Waals surface area contributed by atoms with Crippen LogP contribution in [0.15, 0.2) is 70.2 Å². The number of hydrogen-bond acceptors (Lipinski definition) is 7. The maximum absolute atomic E-state index is 13.4. The van der Waals surface area contributed by atoms with Crippen LogP contribution in [0.1, 0.15) is 24.7 Å². The predicted octanol–water partition coefficient (Wildman–Crippen LogP) is 4.30. The zero-order valence-corrected chi connectivity index (χ0v) is 21.7. The normalized spacial score (nSPS) is 21.1. The fraction of sp³-hybridized carbons (Fsp3) is 0.400. The molecule has 1 N–H and O–H groups in total. The Morgan fingerprint density at radius 2 is 1.92 bits per heavy atom. The van der Waals surface area contributed by atoms with Crippen molar-refractivity contribution in [3.63, 3.8) is 0 Å². The third-order valence-corrected chi connectivity index (χ3v) is 8.94. The fourth-order valence-electron chi connectivity index (χ4n) is 4.25. The monoisotopic (exact) mass is 556 g/mol.